The number of halogens is 1. The summed E-state index contributed by atoms with van der Waals surface area (Å²) in [5, 5.41) is 9.18. The highest BCUT2D eigenvalue weighted by molar-refractivity contribution is 9.10. The van der Waals surface area contributed by atoms with Crippen LogP contribution in [-0.2, 0) is 19.9 Å². The van der Waals surface area contributed by atoms with Gasteiger partial charge in [0.25, 0.3) is 0 Å². The van der Waals surface area contributed by atoms with Crippen LogP contribution in [0.5, 0.6) is 0 Å². The topological polar surface area (TPSA) is 89.0 Å². The second-order valence-electron chi connectivity index (χ2n) is 9.22. The van der Waals surface area contributed by atoms with Gasteiger partial charge in [-0.3, -0.25) is 4.98 Å². The number of amides is 1. The molecule has 2 aliphatic rings. The zero-order chi connectivity index (χ0) is 21.3. The number of piperidine rings is 1. The van der Waals surface area contributed by atoms with Crippen LogP contribution in [-0.4, -0.2) is 52.4 Å². The number of aliphatic carboxylic acids is 1. The van der Waals surface area contributed by atoms with Crippen molar-refractivity contribution in [2.75, 3.05) is 19.7 Å². The van der Waals surface area contributed by atoms with Crippen LogP contribution in [0.25, 0.3) is 0 Å². The number of likely N-dealkylation sites (tertiary alicyclic amines) is 1. The zero-order valence-electron chi connectivity index (χ0n) is 17.2. The molecule has 1 aliphatic heterocycles. The van der Waals surface area contributed by atoms with Crippen molar-refractivity contribution < 1.29 is 24.2 Å². The van der Waals surface area contributed by atoms with Crippen LogP contribution < -0.4 is 0 Å². The maximum atomic E-state index is 12.6. The van der Waals surface area contributed by atoms with Gasteiger partial charge in [0, 0.05) is 23.8 Å². The fraction of sp³-hybridized carbons (Fsp3) is 0.667. The molecule has 0 aromatic carbocycles. The number of carboxylic acids is 1. The monoisotopic (exact) mass is 468 g/mol. The standard InChI is InChI=1S/C21H29BrN2O5/c1-19(2,3)29-18(27)24-10-4-7-20(14-24)8-9-21(13-20,28-12-17(25)26)16-6-5-15(22)11-23-16/h5-6,11H,4,7-10,12-14H2,1-3H3,(H,25,26). The quantitative estimate of drug-likeness (QED) is 0.706. The number of carbonyl (C=O) groups excluding carboxylic acids is 1. The van der Waals surface area contributed by atoms with Crippen molar-refractivity contribution in [2.45, 2.75) is 64.1 Å². The molecule has 1 spiro atoms. The van der Waals surface area contributed by atoms with Crippen molar-refractivity contribution >= 4 is 28.0 Å². The maximum Gasteiger partial charge on any atom is 0.410 e. The predicted molar refractivity (Wildman–Crippen MR) is 111 cm³/mol. The molecular formula is C21H29BrN2O5. The van der Waals surface area contributed by atoms with Crippen molar-refractivity contribution in [2.24, 2.45) is 5.41 Å². The summed E-state index contributed by atoms with van der Waals surface area (Å²) in [5.41, 5.74) is -0.667. The summed E-state index contributed by atoms with van der Waals surface area (Å²) < 4.78 is 12.4. The van der Waals surface area contributed by atoms with Gasteiger partial charge in [-0.15, -0.1) is 0 Å². The first-order valence-electron chi connectivity index (χ1n) is 9.98. The third-order valence-electron chi connectivity index (χ3n) is 5.70. The molecule has 1 saturated heterocycles. The highest BCUT2D eigenvalue weighted by Crippen LogP contribution is 2.55. The largest absolute Gasteiger partial charge is 0.480 e. The molecule has 29 heavy (non-hydrogen) atoms. The Morgan fingerprint density at radius 3 is 2.66 bits per heavy atom. The molecular weight excluding hydrogens is 440 g/mol. The molecule has 8 heteroatoms. The van der Waals surface area contributed by atoms with E-state index in [1.807, 2.05) is 32.9 Å². The Morgan fingerprint density at radius 2 is 2.03 bits per heavy atom. The van der Waals surface area contributed by atoms with Gasteiger partial charge in [0.1, 0.15) is 17.8 Å². The number of hydrogen-bond donors (Lipinski definition) is 1. The first-order valence-corrected chi connectivity index (χ1v) is 10.8. The van der Waals surface area contributed by atoms with Gasteiger partial charge in [0.05, 0.1) is 5.69 Å². The summed E-state index contributed by atoms with van der Waals surface area (Å²) in [6.45, 7) is 6.49. The SMILES string of the molecule is CC(C)(C)OC(=O)N1CCCC2(CCC(OCC(=O)O)(c3ccc(Br)cn3)C2)C1. The van der Waals surface area contributed by atoms with E-state index < -0.39 is 17.2 Å². The van der Waals surface area contributed by atoms with Crippen LogP contribution in [0.1, 0.15) is 58.6 Å². The molecule has 2 atom stereocenters. The van der Waals surface area contributed by atoms with Crippen molar-refractivity contribution in [3.8, 4) is 0 Å². The summed E-state index contributed by atoms with van der Waals surface area (Å²) in [5.74, 6) is -0.999. The van der Waals surface area contributed by atoms with E-state index in [1.54, 1.807) is 11.1 Å². The van der Waals surface area contributed by atoms with Gasteiger partial charge in [0.15, 0.2) is 0 Å². The third kappa shape index (κ3) is 5.28. The van der Waals surface area contributed by atoms with Crippen molar-refractivity contribution in [1.82, 2.24) is 9.88 Å². The molecule has 1 aliphatic carbocycles. The van der Waals surface area contributed by atoms with E-state index in [1.165, 1.54) is 0 Å². The second-order valence-corrected chi connectivity index (χ2v) is 10.1. The predicted octanol–water partition coefficient (Wildman–Crippen LogP) is 4.34. The molecule has 1 aromatic heterocycles. The molecule has 0 radical (unpaired) electrons. The van der Waals surface area contributed by atoms with Crippen LogP contribution in [0.3, 0.4) is 0 Å². The third-order valence-corrected chi connectivity index (χ3v) is 6.17. The minimum Gasteiger partial charge on any atom is -0.480 e. The molecule has 7 nitrogen and oxygen atoms in total. The first kappa shape index (κ1) is 22.0. The summed E-state index contributed by atoms with van der Waals surface area (Å²) in [6.07, 6.45) is 5.45. The van der Waals surface area contributed by atoms with Gasteiger partial charge in [0.2, 0.25) is 0 Å². The highest BCUT2D eigenvalue weighted by Gasteiger charge is 2.53. The molecule has 0 bridgehead atoms. The fourth-order valence-corrected chi connectivity index (χ4v) is 4.78. The van der Waals surface area contributed by atoms with Crippen molar-refractivity contribution in [3.05, 3.63) is 28.5 Å². The minimum atomic E-state index is -0.999. The van der Waals surface area contributed by atoms with Gasteiger partial charge in [-0.05, 0) is 86.4 Å². The lowest BCUT2D eigenvalue weighted by Gasteiger charge is -2.42. The zero-order valence-corrected chi connectivity index (χ0v) is 18.8. The van der Waals surface area contributed by atoms with Crippen molar-refractivity contribution in [3.63, 3.8) is 0 Å². The summed E-state index contributed by atoms with van der Waals surface area (Å²) in [7, 11) is 0. The molecule has 1 amide bonds. The second kappa shape index (κ2) is 8.22. The van der Waals surface area contributed by atoms with Gasteiger partial charge in [-0.25, -0.2) is 9.59 Å². The number of aromatic nitrogens is 1. The Morgan fingerprint density at radius 1 is 1.28 bits per heavy atom. The normalized spacial score (nSPS) is 27.2. The van der Waals surface area contributed by atoms with Gasteiger partial charge >= 0.3 is 12.1 Å². The number of hydrogen-bond acceptors (Lipinski definition) is 5. The number of rotatable bonds is 4. The average molecular weight is 469 g/mol. The van der Waals surface area contributed by atoms with E-state index in [9.17, 15) is 14.7 Å². The number of carboxylic acid groups (broad SMARTS) is 1. The summed E-state index contributed by atoms with van der Waals surface area (Å²) >= 11 is 3.40. The lowest BCUT2D eigenvalue weighted by atomic mass is 9.77. The van der Waals surface area contributed by atoms with E-state index in [4.69, 9.17) is 9.47 Å². The summed E-state index contributed by atoms with van der Waals surface area (Å²) in [4.78, 5) is 30.1. The molecule has 3 rings (SSSR count). The Kier molecular flexibility index (Phi) is 6.24. The van der Waals surface area contributed by atoms with Crippen LogP contribution in [0.15, 0.2) is 22.8 Å². The molecule has 1 N–H and O–H groups in total. The van der Waals surface area contributed by atoms with Crippen LogP contribution in [0.2, 0.25) is 0 Å². The van der Waals surface area contributed by atoms with E-state index in [-0.39, 0.29) is 18.1 Å². The molecule has 160 valence electrons. The first-order chi connectivity index (χ1) is 13.5. The Hall–Kier alpha value is -1.67. The number of carbonyl (C=O) groups is 2. The lowest BCUT2D eigenvalue weighted by Crippen LogP contribution is -2.47. The van der Waals surface area contributed by atoms with Crippen LogP contribution >= 0.6 is 15.9 Å². The van der Waals surface area contributed by atoms with E-state index in [0.717, 1.165) is 29.4 Å². The molecule has 2 fully saturated rings. The van der Waals surface area contributed by atoms with Crippen molar-refractivity contribution in [1.29, 1.82) is 0 Å². The van der Waals surface area contributed by atoms with Gasteiger partial charge in [-0.2, -0.15) is 0 Å². The number of nitrogens with zero attached hydrogens (tertiary/aromatic N) is 2. The lowest BCUT2D eigenvalue weighted by molar-refractivity contribution is -0.151. The van der Waals surface area contributed by atoms with E-state index >= 15 is 0 Å². The molecule has 2 heterocycles. The Balaban J connectivity index is 1.81. The molecule has 2 unspecified atom stereocenters. The number of pyridine rings is 1. The number of ether oxygens (including phenoxy) is 2. The van der Waals surface area contributed by atoms with E-state index in [2.05, 4.69) is 20.9 Å². The van der Waals surface area contributed by atoms with Gasteiger partial charge in [-0.1, -0.05) is 0 Å². The fourth-order valence-electron chi connectivity index (χ4n) is 4.55. The Bertz CT molecular complexity index is 763. The average Bonchev–Trinajstić information content (AvgIpc) is 2.98. The molecule has 1 saturated carbocycles. The van der Waals surface area contributed by atoms with E-state index in [0.29, 0.717) is 25.9 Å². The molecule has 1 aromatic rings. The summed E-state index contributed by atoms with van der Waals surface area (Å²) in [6, 6.07) is 3.78. The minimum absolute atomic E-state index is 0.123. The van der Waals surface area contributed by atoms with Gasteiger partial charge < -0.3 is 19.5 Å². The Labute approximate surface area is 179 Å². The smallest absolute Gasteiger partial charge is 0.410 e. The van der Waals surface area contributed by atoms with Crippen LogP contribution in [0, 0.1) is 5.41 Å². The van der Waals surface area contributed by atoms with Crippen LogP contribution in [0.4, 0.5) is 4.79 Å². The maximum absolute atomic E-state index is 12.6. The highest BCUT2D eigenvalue weighted by atomic mass is 79.9.